The van der Waals surface area contributed by atoms with Crippen molar-refractivity contribution in [3.63, 3.8) is 0 Å². The fourth-order valence-electron chi connectivity index (χ4n) is 2.30. The molecule has 5 heteroatoms. The third-order valence-corrected chi connectivity index (χ3v) is 3.53. The highest BCUT2D eigenvalue weighted by molar-refractivity contribution is 5.96. The van der Waals surface area contributed by atoms with Crippen molar-refractivity contribution >= 4 is 17.5 Å². The van der Waals surface area contributed by atoms with Crippen LogP contribution < -0.4 is 16.0 Å². The van der Waals surface area contributed by atoms with E-state index < -0.39 is 0 Å². The fourth-order valence-corrected chi connectivity index (χ4v) is 2.30. The molecule has 0 aromatic heterocycles. The van der Waals surface area contributed by atoms with E-state index in [1.165, 1.54) is 0 Å². The van der Waals surface area contributed by atoms with Crippen molar-refractivity contribution in [2.45, 2.75) is 12.8 Å². The largest absolute Gasteiger partial charge is 0.349 e. The summed E-state index contributed by atoms with van der Waals surface area (Å²) in [5.41, 5.74) is 1.29. The standard InChI is InChI=1S/C16H21N3O2/c1-2-9-18-15(20)12-3-5-14(6-4-12)19-16(21)13-7-10-17-11-8-13/h2-6,13,17H,1,7-11H2,(H,18,20)(H,19,21). The second-order valence-electron chi connectivity index (χ2n) is 5.09. The molecule has 2 amide bonds. The Bertz CT molecular complexity index is 505. The Morgan fingerprint density at radius 3 is 2.52 bits per heavy atom. The zero-order chi connectivity index (χ0) is 15.1. The van der Waals surface area contributed by atoms with Crippen LogP contribution in [0.25, 0.3) is 0 Å². The van der Waals surface area contributed by atoms with Crippen molar-refractivity contribution in [3.8, 4) is 0 Å². The monoisotopic (exact) mass is 287 g/mol. The molecule has 1 fully saturated rings. The van der Waals surface area contributed by atoms with Gasteiger partial charge in [0.15, 0.2) is 0 Å². The van der Waals surface area contributed by atoms with Crippen LogP contribution in [0.5, 0.6) is 0 Å². The maximum atomic E-state index is 12.1. The second-order valence-corrected chi connectivity index (χ2v) is 5.09. The van der Waals surface area contributed by atoms with Crippen LogP contribution in [0.2, 0.25) is 0 Å². The highest BCUT2D eigenvalue weighted by Gasteiger charge is 2.20. The van der Waals surface area contributed by atoms with E-state index in [2.05, 4.69) is 22.5 Å². The van der Waals surface area contributed by atoms with Crippen molar-refractivity contribution in [2.24, 2.45) is 5.92 Å². The van der Waals surface area contributed by atoms with Crippen LogP contribution in [0.15, 0.2) is 36.9 Å². The zero-order valence-electron chi connectivity index (χ0n) is 12.0. The Balaban J connectivity index is 1.91. The van der Waals surface area contributed by atoms with Gasteiger partial charge in [-0.2, -0.15) is 0 Å². The van der Waals surface area contributed by atoms with Crippen LogP contribution >= 0.6 is 0 Å². The predicted octanol–water partition coefficient (Wildman–Crippen LogP) is 1.54. The average Bonchev–Trinajstić information content (AvgIpc) is 2.54. The van der Waals surface area contributed by atoms with E-state index in [9.17, 15) is 9.59 Å². The van der Waals surface area contributed by atoms with E-state index in [0.29, 0.717) is 12.1 Å². The van der Waals surface area contributed by atoms with Gasteiger partial charge in [0.2, 0.25) is 5.91 Å². The van der Waals surface area contributed by atoms with Gasteiger partial charge in [-0.15, -0.1) is 6.58 Å². The lowest BCUT2D eigenvalue weighted by molar-refractivity contribution is -0.120. The number of piperidine rings is 1. The van der Waals surface area contributed by atoms with Crippen molar-refractivity contribution in [1.82, 2.24) is 10.6 Å². The number of benzene rings is 1. The summed E-state index contributed by atoms with van der Waals surface area (Å²) in [7, 11) is 0. The van der Waals surface area contributed by atoms with Gasteiger partial charge in [0.1, 0.15) is 0 Å². The van der Waals surface area contributed by atoms with Gasteiger partial charge in [-0.05, 0) is 50.2 Å². The summed E-state index contributed by atoms with van der Waals surface area (Å²) in [6.07, 6.45) is 3.37. The molecule has 2 rings (SSSR count). The van der Waals surface area contributed by atoms with Crippen LogP contribution in [-0.2, 0) is 4.79 Å². The van der Waals surface area contributed by atoms with Gasteiger partial charge in [-0.25, -0.2) is 0 Å². The number of amides is 2. The molecule has 0 aliphatic carbocycles. The van der Waals surface area contributed by atoms with Gasteiger partial charge >= 0.3 is 0 Å². The molecule has 1 aliphatic heterocycles. The molecule has 1 aliphatic rings. The molecular weight excluding hydrogens is 266 g/mol. The summed E-state index contributed by atoms with van der Waals surface area (Å²) in [6.45, 7) is 5.77. The van der Waals surface area contributed by atoms with Gasteiger partial charge in [-0.3, -0.25) is 9.59 Å². The van der Waals surface area contributed by atoms with Crippen molar-refractivity contribution in [3.05, 3.63) is 42.5 Å². The number of anilines is 1. The number of hydrogen-bond donors (Lipinski definition) is 3. The summed E-state index contributed by atoms with van der Waals surface area (Å²) in [6, 6.07) is 6.91. The smallest absolute Gasteiger partial charge is 0.251 e. The maximum absolute atomic E-state index is 12.1. The molecule has 0 unspecified atom stereocenters. The molecule has 0 saturated carbocycles. The fraction of sp³-hybridized carbons (Fsp3) is 0.375. The molecule has 21 heavy (non-hydrogen) atoms. The number of carbonyl (C=O) groups is 2. The van der Waals surface area contributed by atoms with E-state index in [0.717, 1.165) is 31.6 Å². The first-order valence-electron chi connectivity index (χ1n) is 7.21. The van der Waals surface area contributed by atoms with Crippen LogP contribution in [0.1, 0.15) is 23.2 Å². The maximum Gasteiger partial charge on any atom is 0.251 e. The first-order chi connectivity index (χ1) is 10.2. The van der Waals surface area contributed by atoms with E-state index in [4.69, 9.17) is 0 Å². The Hall–Kier alpha value is -2.14. The van der Waals surface area contributed by atoms with Crippen molar-refractivity contribution < 1.29 is 9.59 Å². The molecule has 112 valence electrons. The minimum Gasteiger partial charge on any atom is -0.349 e. The lowest BCUT2D eigenvalue weighted by Gasteiger charge is -2.21. The van der Waals surface area contributed by atoms with Gasteiger partial charge in [0, 0.05) is 23.7 Å². The summed E-state index contributed by atoms with van der Waals surface area (Å²) in [4.78, 5) is 23.8. The normalized spacial score (nSPS) is 15.2. The van der Waals surface area contributed by atoms with Crippen LogP contribution in [0.4, 0.5) is 5.69 Å². The van der Waals surface area contributed by atoms with E-state index in [1.807, 2.05) is 0 Å². The van der Waals surface area contributed by atoms with Gasteiger partial charge in [-0.1, -0.05) is 6.08 Å². The molecule has 1 aromatic carbocycles. The van der Waals surface area contributed by atoms with Crippen molar-refractivity contribution in [2.75, 3.05) is 25.0 Å². The van der Waals surface area contributed by atoms with E-state index in [1.54, 1.807) is 30.3 Å². The Morgan fingerprint density at radius 2 is 1.90 bits per heavy atom. The van der Waals surface area contributed by atoms with Crippen molar-refractivity contribution in [1.29, 1.82) is 0 Å². The van der Waals surface area contributed by atoms with E-state index in [-0.39, 0.29) is 17.7 Å². The first kappa shape index (κ1) is 15.3. The third kappa shape index (κ3) is 4.43. The van der Waals surface area contributed by atoms with Crippen LogP contribution in [0, 0.1) is 5.92 Å². The summed E-state index contributed by atoms with van der Waals surface area (Å²) >= 11 is 0. The van der Waals surface area contributed by atoms with Gasteiger partial charge < -0.3 is 16.0 Å². The zero-order valence-corrected chi connectivity index (χ0v) is 12.0. The number of carbonyl (C=O) groups excluding carboxylic acids is 2. The van der Waals surface area contributed by atoms with Gasteiger partial charge in [0.25, 0.3) is 5.91 Å². The molecular formula is C16H21N3O2. The molecule has 1 aromatic rings. The lowest BCUT2D eigenvalue weighted by Crippen LogP contribution is -2.34. The number of nitrogens with one attached hydrogen (secondary N) is 3. The quantitative estimate of drug-likeness (QED) is 0.719. The molecule has 0 spiro atoms. The molecule has 1 heterocycles. The second kappa shape index (κ2) is 7.59. The van der Waals surface area contributed by atoms with Gasteiger partial charge in [0.05, 0.1) is 0 Å². The summed E-state index contributed by atoms with van der Waals surface area (Å²) in [5.74, 6) is -0.0201. The molecule has 1 saturated heterocycles. The first-order valence-corrected chi connectivity index (χ1v) is 7.21. The average molecular weight is 287 g/mol. The van der Waals surface area contributed by atoms with Crippen LogP contribution in [-0.4, -0.2) is 31.4 Å². The van der Waals surface area contributed by atoms with E-state index >= 15 is 0 Å². The molecule has 3 N–H and O–H groups in total. The summed E-state index contributed by atoms with van der Waals surface area (Å²) < 4.78 is 0. The highest BCUT2D eigenvalue weighted by atomic mass is 16.2. The Labute approximate surface area is 124 Å². The SMILES string of the molecule is C=CCNC(=O)c1ccc(NC(=O)C2CCNCC2)cc1. The molecule has 5 nitrogen and oxygen atoms in total. The topological polar surface area (TPSA) is 70.2 Å². The Kier molecular flexibility index (Phi) is 5.51. The molecule has 0 atom stereocenters. The third-order valence-electron chi connectivity index (χ3n) is 3.53. The lowest BCUT2D eigenvalue weighted by atomic mass is 9.97. The molecule has 0 radical (unpaired) electrons. The molecule has 0 bridgehead atoms. The highest BCUT2D eigenvalue weighted by Crippen LogP contribution is 2.16. The number of rotatable bonds is 5. The predicted molar refractivity (Wildman–Crippen MR) is 83.2 cm³/mol. The minimum atomic E-state index is -0.147. The minimum absolute atomic E-state index is 0.0559. The van der Waals surface area contributed by atoms with Crippen LogP contribution in [0.3, 0.4) is 0 Å². The number of hydrogen-bond acceptors (Lipinski definition) is 3. The summed E-state index contributed by atoms with van der Waals surface area (Å²) in [5, 5.41) is 8.85. The Morgan fingerprint density at radius 1 is 1.24 bits per heavy atom.